The average molecular weight is 361 g/mol. The second kappa shape index (κ2) is 7.00. The van der Waals surface area contributed by atoms with Gasteiger partial charge in [-0.2, -0.15) is 0 Å². The summed E-state index contributed by atoms with van der Waals surface area (Å²) in [5.41, 5.74) is 5.14. The first-order valence-corrected chi connectivity index (χ1v) is 9.30. The third-order valence-corrected chi connectivity index (χ3v) is 5.26. The molecule has 0 saturated heterocycles. The first-order valence-electron chi connectivity index (χ1n) is 9.30. The zero-order valence-electron chi connectivity index (χ0n) is 15.6. The first kappa shape index (κ1) is 17.5. The number of anilines is 1. The van der Waals surface area contributed by atoms with Crippen molar-refractivity contribution in [3.63, 3.8) is 0 Å². The molecule has 1 aromatic heterocycles. The van der Waals surface area contributed by atoms with Crippen LogP contribution in [0.2, 0.25) is 0 Å². The van der Waals surface area contributed by atoms with Gasteiger partial charge in [-0.1, -0.05) is 25.1 Å². The van der Waals surface area contributed by atoms with Gasteiger partial charge in [0.2, 0.25) is 0 Å². The van der Waals surface area contributed by atoms with Crippen LogP contribution in [-0.2, 0) is 13.0 Å². The SMILES string of the molecule is CCN1CCc2nc3ccccc3c(C(=O)Nc3ccc(O)cc3C)c2C1. The van der Waals surface area contributed by atoms with Gasteiger partial charge >= 0.3 is 0 Å². The number of rotatable bonds is 3. The molecule has 0 unspecified atom stereocenters. The Bertz CT molecular complexity index is 1030. The van der Waals surface area contributed by atoms with Gasteiger partial charge in [-0.15, -0.1) is 0 Å². The van der Waals surface area contributed by atoms with Crippen LogP contribution in [0.1, 0.15) is 34.1 Å². The van der Waals surface area contributed by atoms with E-state index in [4.69, 9.17) is 4.98 Å². The number of carbonyl (C=O) groups excluding carboxylic acids is 1. The number of pyridine rings is 1. The summed E-state index contributed by atoms with van der Waals surface area (Å²) in [4.78, 5) is 20.5. The van der Waals surface area contributed by atoms with Gasteiger partial charge in [-0.05, 0) is 43.3 Å². The number of para-hydroxylation sites is 1. The highest BCUT2D eigenvalue weighted by atomic mass is 16.3. The number of carbonyl (C=O) groups is 1. The van der Waals surface area contributed by atoms with E-state index in [9.17, 15) is 9.90 Å². The second-order valence-electron chi connectivity index (χ2n) is 7.00. The van der Waals surface area contributed by atoms with Gasteiger partial charge in [-0.25, -0.2) is 0 Å². The van der Waals surface area contributed by atoms with Crippen molar-refractivity contribution >= 4 is 22.5 Å². The summed E-state index contributed by atoms with van der Waals surface area (Å²) in [5, 5.41) is 13.5. The monoisotopic (exact) mass is 361 g/mol. The molecule has 4 rings (SSSR count). The molecule has 2 aromatic carbocycles. The lowest BCUT2D eigenvalue weighted by Gasteiger charge is -2.29. The van der Waals surface area contributed by atoms with Crippen LogP contribution >= 0.6 is 0 Å². The van der Waals surface area contributed by atoms with Crippen molar-refractivity contribution < 1.29 is 9.90 Å². The molecular formula is C22H23N3O2. The second-order valence-corrected chi connectivity index (χ2v) is 7.00. The third kappa shape index (κ3) is 3.26. The average Bonchev–Trinajstić information content (AvgIpc) is 2.67. The number of hydrogen-bond donors (Lipinski definition) is 2. The Morgan fingerprint density at radius 1 is 1.26 bits per heavy atom. The molecule has 0 radical (unpaired) electrons. The van der Waals surface area contributed by atoms with Gasteiger partial charge in [0.15, 0.2) is 0 Å². The van der Waals surface area contributed by atoms with Crippen molar-refractivity contribution in [2.75, 3.05) is 18.4 Å². The maximum Gasteiger partial charge on any atom is 0.256 e. The minimum absolute atomic E-state index is 0.128. The van der Waals surface area contributed by atoms with E-state index in [2.05, 4.69) is 17.1 Å². The van der Waals surface area contributed by atoms with E-state index < -0.39 is 0 Å². The molecule has 0 spiro atoms. The Morgan fingerprint density at radius 3 is 2.85 bits per heavy atom. The summed E-state index contributed by atoms with van der Waals surface area (Å²) in [6.07, 6.45) is 0.854. The van der Waals surface area contributed by atoms with Crippen molar-refractivity contribution in [3.8, 4) is 5.75 Å². The molecular weight excluding hydrogens is 338 g/mol. The number of nitrogens with zero attached hydrogens (tertiary/aromatic N) is 2. The lowest BCUT2D eigenvalue weighted by atomic mass is 9.95. The Hall–Kier alpha value is -2.92. The van der Waals surface area contributed by atoms with Crippen molar-refractivity contribution in [2.45, 2.75) is 26.8 Å². The van der Waals surface area contributed by atoms with Gasteiger partial charge in [0.05, 0.1) is 11.1 Å². The number of nitrogens with one attached hydrogen (secondary N) is 1. The summed E-state index contributed by atoms with van der Waals surface area (Å²) in [5.74, 6) is 0.0624. The normalized spacial score (nSPS) is 14.1. The topological polar surface area (TPSA) is 65.5 Å². The molecule has 3 aromatic rings. The van der Waals surface area contributed by atoms with Crippen LogP contribution in [-0.4, -0.2) is 34.0 Å². The number of aromatic nitrogens is 1. The summed E-state index contributed by atoms with van der Waals surface area (Å²) in [7, 11) is 0. The van der Waals surface area contributed by atoms with E-state index in [-0.39, 0.29) is 11.7 Å². The molecule has 5 heteroatoms. The molecule has 1 amide bonds. The molecule has 0 bridgehead atoms. The first-order chi connectivity index (χ1) is 13.1. The Morgan fingerprint density at radius 2 is 2.07 bits per heavy atom. The lowest BCUT2D eigenvalue weighted by molar-refractivity contribution is 0.102. The summed E-state index contributed by atoms with van der Waals surface area (Å²) >= 11 is 0. The fraction of sp³-hybridized carbons (Fsp3) is 0.273. The number of likely N-dealkylation sites (N-methyl/N-ethyl adjacent to an activating group) is 1. The Labute approximate surface area is 158 Å². The smallest absolute Gasteiger partial charge is 0.256 e. The van der Waals surface area contributed by atoms with Gasteiger partial charge in [0.1, 0.15) is 5.75 Å². The molecule has 5 nitrogen and oxygen atoms in total. The van der Waals surface area contributed by atoms with Gasteiger partial charge in [0.25, 0.3) is 5.91 Å². The molecule has 2 heterocycles. The summed E-state index contributed by atoms with van der Waals surface area (Å²) in [6, 6.07) is 12.8. The summed E-state index contributed by atoms with van der Waals surface area (Å²) < 4.78 is 0. The highest BCUT2D eigenvalue weighted by Crippen LogP contribution is 2.29. The third-order valence-electron chi connectivity index (χ3n) is 5.26. The molecule has 0 saturated carbocycles. The number of aromatic hydroxyl groups is 1. The lowest BCUT2D eigenvalue weighted by Crippen LogP contribution is -2.33. The van der Waals surface area contributed by atoms with E-state index in [0.29, 0.717) is 11.3 Å². The van der Waals surface area contributed by atoms with Crippen molar-refractivity contribution in [1.29, 1.82) is 0 Å². The van der Waals surface area contributed by atoms with Gasteiger partial charge in [-0.3, -0.25) is 14.7 Å². The molecule has 138 valence electrons. The standard InChI is InChI=1S/C22H23N3O2/c1-3-25-11-10-20-17(13-25)21(16-6-4-5-7-19(16)23-20)22(27)24-18-9-8-15(26)12-14(18)2/h4-9,12,26H,3,10-11,13H2,1-2H3,(H,24,27). The minimum Gasteiger partial charge on any atom is -0.508 e. The molecule has 27 heavy (non-hydrogen) atoms. The molecule has 0 atom stereocenters. The minimum atomic E-state index is -0.128. The maximum absolute atomic E-state index is 13.3. The largest absolute Gasteiger partial charge is 0.508 e. The predicted octanol–water partition coefficient (Wildman–Crippen LogP) is 3.88. The predicted molar refractivity (Wildman–Crippen MR) is 107 cm³/mol. The molecule has 0 fully saturated rings. The van der Waals surface area contributed by atoms with E-state index in [1.807, 2.05) is 31.2 Å². The highest BCUT2D eigenvalue weighted by molar-refractivity contribution is 6.13. The van der Waals surface area contributed by atoms with Gasteiger partial charge < -0.3 is 10.4 Å². The van der Waals surface area contributed by atoms with Crippen LogP contribution in [0.3, 0.4) is 0 Å². The molecule has 2 N–H and O–H groups in total. The van der Waals surface area contributed by atoms with E-state index in [1.54, 1.807) is 18.2 Å². The van der Waals surface area contributed by atoms with Crippen LogP contribution in [0.4, 0.5) is 5.69 Å². The number of benzene rings is 2. The number of aryl methyl sites for hydroxylation is 1. The zero-order chi connectivity index (χ0) is 19.0. The van der Waals surface area contributed by atoms with E-state index in [1.165, 1.54) is 0 Å². The number of fused-ring (bicyclic) bond motifs is 2. The Balaban J connectivity index is 1.82. The molecule has 0 aliphatic carbocycles. The van der Waals surface area contributed by atoms with Crippen molar-refractivity contribution in [3.05, 3.63) is 64.8 Å². The Kier molecular flexibility index (Phi) is 4.54. The van der Waals surface area contributed by atoms with E-state index in [0.717, 1.165) is 53.8 Å². The number of phenols is 1. The van der Waals surface area contributed by atoms with Crippen molar-refractivity contribution in [2.24, 2.45) is 0 Å². The highest BCUT2D eigenvalue weighted by Gasteiger charge is 2.25. The van der Waals surface area contributed by atoms with E-state index >= 15 is 0 Å². The zero-order valence-corrected chi connectivity index (χ0v) is 15.6. The summed E-state index contributed by atoms with van der Waals surface area (Å²) in [6.45, 7) is 6.66. The fourth-order valence-electron chi connectivity index (χ4n) is 3.75. The van der Waals surface area contributed by atoms with Crippen LogP contribution < -0.4 is 5.32 Å². The van der Waals surface area contributed by atoms with Crippen LogP contribution in [0.5, 0.6) is 5.75 Å². The molecule has 1 aliphatic rings. The van der Waals surface area contributed by atoms with Crippen molar-refractivity contribution in [1.82, 2.24) is 9.88 Å². The fourth-order valence-corrected chi connectivity index (χ4v) is 3.75. The van der Waals surface area contributed by atoms with Crippen LogP contribution in [0, 0.1) is 6.92 Å². The maximum atomic E-state index is 13.3. The van der Waals surface area contributed by atoms with Gasteiger partial charge in [0, 0.05) is 41.8 Å². The molecule has 1 aliphatic heterocycles. The van der Waals surface area contributed by atoms with Crippen LogP contribution in [0.15, 0.2) is 42.5 Å². The quantitative estimate of drug-likeness (QED) is 0.695. The number of phenolic OH excluding ortho intramolecular Hbond substituents is 1. The number of hydrogen-bond acceptors (Lipinski definition) is 4. The number of amides is 1. The van der Waals surface area contributed by atoms with Crippen LogP contribution in [0.25, 0.3) is 10.9 Å².